The van der Waals surface area contributed by atoms with Crippen LogP contribution in [0.2, 0.25) is 0 Å². The smallest absolute Gasteiger partial charge is 0.306 e. The van der Waals surface area contributed by atoms with E-state index in [1.807, 2.05) is 11.8 Å². The zero-order valence-corrected chi connectivity index (χ0v) is 12.4. The third-order valence-electron chi connectivity index (χ3n) is 4.30. The van der Waals surface area contributed by atoms with E-state index in [9.17, 15) is 9.59 Å². The second-order valence-electron chi connectivity index (χ2n) is 5.79. The van der Waals surface area contributed by atoms with Crippen molar-refractivity contribution in [1.82, 2.24) is 4.90 Å². The number of carboxylic acid groups (broad SMARTS) is 1. The number of hydrogen-bond acceptors (Lipinski definition) is 2. The Kier molecular flexibility index (Phi) is 6.32. The van der Waals surface area contributed by atoms with Crippen LogP contribution in [0.15, 0.2) is 0 Å². The molecule has 1 saturated carbocycles. The highest BCUT2D eigenvalue weighted by molar-refractivity contribution is 5.80. The maximum Gasteiger partial charge on any atom is 0.306 e. The minimum atomic E-state index is -0.748. The van der Waals surface area contributed by atoms with Crippen LogP contribution in [-0.4, -0.2) is 35.0 Å². The first-order chi connectivity index (χ1) is 8.99. The number of nitrogens with zero attached hydrogens (tertiary/aromatic N) is 1. The maximum absolute atomic E-state index is 12.5. The monoisotopic (exact) mass is 269 g/mol. The molecule has 3 unspecified atom stereocenters. The van der Waals surface area contributed by atoms with Crippen molar-refractivity contribution in [1.29, 1.82) is 0 Å². The summed E-state index contributed by atoms with van der Waals surface area (Å²) >= 11 is 0. The van der Waals surface area contributed by atoms with Crippen molar-refractivity contribution in [3.05, 3.63) is 0 Å². The molecule has 0 aromatic carbocycles. The normalized spacial score (nSPS) is 24.8. The minimum Gasteiger partial charge on any atom is -0.481 e. The Morgan fingerprint density at radius 2 is 1.89 bits per heavy atom. The van der Waals surface area contributed by atoms with Crippen LogP contribution in [0.3, 0.4) is 0 Å². The van der Waals surface area contributed by atoms with Gasteiger partial charge in [-0.1, -0.05) is 26.7 Å². The van der Waals surface area contributed by atoms with Crippen molar-refractivity contribution in [2.24, 2.45) is 17.8 Å². The molecular formula is C15H27NO3. The standard InChI is InChI=1S/C15H27NO3/c1-4-11(3)10-16(5-2)14(17)12-7-6-8-13(9-12)15(18)19/h11-13H,4-10H2,1-3H3,(H,18,19). The molecule has 0 aliphatic heterocycles. The molecule has 1 aliphatic carbocycles. The average Bonchev–Trinajstić information content (AvgIpc) is 2.43. The van der Waals surface area contributed by atoms with Crippen LogP contribution < -0.4 is 0 Å². The van der Waals surface area contributed by atoms with Crippen molar-refractivity contribution in [3.63, 3.8) is 0 Å². The third kappa shape index (κ3) is 4.51. The van der Waals surface area contributed by atoms with Crippen LogP contribution in [0, 0.1) is 17.8 Å². The van der Waals surface area contributed by atoms with Gasteiger partial charge in [0.2, 0.25) is 5.91 Å². The molecule has 19 heavy (non-hydrogen) atoms. The molecule has 4 nitrogen and oxygen atoms in total. The Morgan fingerprint density at radius 1 is 1.26 bits per heavy atom. The van der Waals surface area contributed by atoms with Crippen LogP contribution in [0.5, 0.6) is 0 Å². The molecule has 0 aromatic rings. The molecule has 0 bridgehead atoms. The van der Waals surface area contributed by atoms with Gasteiger partial charge in [-0.3, -0.25) is 9.59 Å². The van der Waals surface area contributed by atoms with E-state index < -0.39 is 5.97 Å². The summed E-state index contributed by atoms with van der Waals surface area (Å²) in [6.45, 7) is 7.79. The number of hydrogen-bond donors (Lipinski definition) is 1. The summed E-state index contributed by atoms with van der Waals surface area (Å²) in [6.07, 6.45) is 4.00. The lowest BCUT2D eigenvalue weighted by Crippen LogP contribution is -2.41. The molecule has 1 amide bonds. The fourth-order valence-electron chi connectivity index (χ4n) is 2.78. The van der Waals surface area contributed by atoms with Gasteiger partial charge in [0.15, 0.2) is 0 Å². The zero-order chi connectivity index (χ0) is 14.4. The van der Waals surface area contributed by atoms with Crippen LogP contribution >= 0.6 is 0 Å². The van der Waals surface area contributed by atoms with Gasteiger partial charge in [0, 0.05) is 19.0 Å². The summed E-state index contributed by atoms with van der Waals surface area (Å²) in [4.78, 5) is 25.4. The zero-order valence-electron chi connectivity index (χ0n) is 12.4. The predicted octanol–water partition coefficient (Wildman–Crippen LogP) is 2.77. The van der Waals surface area contributed by atoms with E-state index in [4.69, 9.17) is 5.11 Å². The van der Waals surface area contributed by atoms with E-state index in [0.717, 1.165) is 38.8 Å². The van der Waals surface area contributed by atoms with E-state index in [2.05, 4.69) is 13.8 Å². The molecule has 0 aromatic heterocycles. The first-order valence-corrected chi connectivity index (χ1v) is 7.51. The van der Waals surface area contributed by atoms with Gasteiger partial charge in [-0.2, -0.15) is 0 Å². The minimum absolute atomic E-state index is 0.0844. The number of carboxylic acids is 1. The number of carbonyl (C=O) groups excluding carboxylic acids is 1. The van der Waals surface area contributed by atoms with Crippen molar-refractivity contribution in [2.45, 2.75) is 52.9 Å². The average molecular weight is 269 g/mol. The lowest BCUT2D eigenvalue weighted by Gasteiger charge is -2.32. The lowest BCUT2D eigenvalue weighted by atomic mass is 9.80. The van der Waals surface area contributed by atoms with Gasteiger partial charge in [0.25, 0.3) is 0 Å². The van der Waals surface area contributed by atoms with E-state index in [-0.39, 0.29) is 17.7 Å². The SMILES string of the molecule is CCC(C)CN(CC)C(=O)C1CCCC(C(=O)O)C1. The molecule has 1 fully saturated rings. The van der Waals surface area contributed by atoms with Gasteiger partial charge < -0.3 is 10.0 Å². The van der Waals surface area contributed by atoms with Crippen molar-refractivity contribution in [2.75, 3.05) is 13.1 Å². The highest BCUT2D eigenvalue weighted by Crippen LogP contribution is 2.30. The first kappa shape index (κ1) is 16.0. The maximum atomic E-state index is 12.5. The molecule has 0 heterocycles. The van der Waals surface area contributed by atoms with Crippen LogP contribution in [-0.2, 0) is 9.59 Å². The Balaban J connectivity index is 2.61. The highest BCUT2D eigenvalue weighted by atomic mass is 16.4. The van der Waals surface area contributed by atoms with Crippen LogP contribution in [0.4, 0.5) is 0 Å². The quantitative estimate of drug-likeness (QED) is 0.806. The van der Waals surface area contributed by atoms with Gasteiger partial charge in [0.1, 0.15) is 0 Å². The summed E-state index contributed by atoms with van der Waals surface area (Å²) < 4.78 is 0. The Bertz CT molecular complexity index is 317. The van der Waals surface area contributed by atoms with E-state index in [0.29, 0.717) is 12.3 Å². The van der Waals surface area contributed by atoms with E-state index in [1.165, 1.54) is 0 Å². The first-order valence-electron chi connectivity index (χ1n) is 7.51. The van der Waals surface area contributed by atoms with Crippen LogP contribution in [0.1, 0.15) is 52.9 Å². The van der Waals surface area contributed by atoms with E-state index >= 15 is 0 Å². The van der Waals surface area contributed by atoms with Gasteiger partial charge in [0.05, 0.1) is 5.92 Å². The van der Waals surface area contributed by atoms with Crippen LogP contribution in [0.25, 0.3) is 0 Å². The second-order valence-corrected chi connectivity index (χ2v) is 5.79. The lowest BCUT2D eigenvalue weighted by molar-refractivity contribution is -0.145. The van der Waals surface area contributed by atoms with Crippen molar-refractivity contribution >= 4 is 11.9 Å². The summed E-state index contributed by atoms with van der Waals surface area (Å²) in [7, 11) is 0. The largest absolute Gasteiger partial charge is 0.481 e. The Hall–Kier alpha value is -1.06. The Labute approximate surface area is 116 Å². The number of carbonyl (C=O) groups is 2. The molecule has 1 aliphatic rings. The molecule has 1 rings (SSSR count). The van der Waals surface area contributed by atoms with Gasteiger partial charge in [-0.15, -0.1) is 0 Å². The van der Waals surface area contributed by atoms with Crippen molar-refractivity contribution < 1.29 is 14.7 Å². The molecule has 0 saturated heterocycles. The van der Waals surface area contributed by atoms with Gasteiger partial charge >= 0.3 is 5.97 Å². The van der Waals surface area contributed by atoms with E-state index in [1.54, 1.807) is 0 Å². The predicted molar refractivity (Wildman–Crippen MR) is 74.8 cm³/mol. The molecule has 1 N–H and O–H groups in total. The number of aliphatic carboxylic acids is 1. The number of amides is 1. The molecule has 4 heteroatoms. The third-order valence-corrected chi connectivity index (χ3v) is 4.30. The summed E-state index contributed by atoms with van der Waals surface area (Å²) in [5.74, 6) is -0.497. The van der Waals surface area contributed by atoms with Gasteiger partial charge in [-0.25, -0.2) is 0 Å². The molecule has 3 atom stereocenters. The highest BCUT2D eigenvalue weighted by Gasteiger charge is 2.33. The topological polar surface area (TPSA) is 57.6 Å². The fraction of sp³-hybridized carbons (Fsp3) is 0.867. The molecule has 0 spiro atoms. The molecule has 110 valence electrons. The summed E-state index contributed by atoms with van der Waals surface area (Å²) in [6, 6.07) is 0. The summed E-state index contributed by atoms with van der Waals surface area (Å²) in [5, 5.41) is 9.09. The summed E-state index contributed by atoms with van der Waals surface area (Å²) in [5.41, 5.74) is 0. The fourth-order valence-corrected chi connectivity index (χ4v) is 2.78. The molecular weight excluding hydrogens is 242 g/mol. The van der Waals surface area contributed by atoms with Crippen molar-refractivity contribution in [3.8, 4) is 0 Å². The molecule has 0 radical (unpaired) electrons. The Morgan fingerprint density at radius 3 is 2.42 bits per heavy atom. The number of rotatable bonds is 6. The van der Waals surface area contributed by atoms with Gasteiger partial charge in [-0.05, 0) is 32.1 Å². The second kappa shape index (κ2) is 7.51.